The van der Waals surface area contributed by atoms with Crippen LogP contribution in [0.25, 0.3) is 11.0 Å². The number of nitrogens with two attached hydrogens (primary N) is 1. The number of benzene rings is 1. The van der Waals surface area contributed by atoms with Crippen LogP contribution in [0.4, 0.5) is 11.6 Å². The molecule has 2 aromatic heterocycles. The Kier molecular flexibility index (Phi) is 5.98. The molecule has 0 amide bonds. The summed E-state index contributed by atoms with van der Waals surface area (Å²) in [6, 6.07) is 6.72. The van der Waals surface area contributed by atoms with E-state index in [2.05, 4.69) is 20.4 Å². The number of hydrogen-bond donors (Lipinski definition) is 3. The van der Waals surface area contributed by atoms with Gasteiger partial charge in [-0.15, -0.1) is 0 Å². The van der Waals surface area contributed by atoms with Crippen molar-refractivity contribution < 1.29 is 13.5 Å². The van der Waals surface area contributed by atoms with Gasteiger partial charge >= 0.3 is 0 Å². The molecule has 0 spiro atoms. The fourth-order valence-electron chi connectivity index (χ4n) is 3.81. The summed E-state index contributed by atoms with van der Waals surface area (Å²) >= 11 is 0. The minimum absolute atomic E-state index is 0.142. The first-order valence-electron chi connectivity index (χ1n) is 10.1. The van der Waals surface area contributed by atoms with Crippen LogP contribution in [0, 0.1) is 5.92 Å². The Hall–Kier alpha value is -2.56. The van der Waals surface area contributed by atoms with E-state index in [1.165, 1.54) is 12.1 Å². The van der Waals surface area contributed by atoms with Crippen molar-refractivity contribution in [1.82, 2.24) is 19.7 Å². The van der Waals surface area contributed by atoms with E-state index >= 15 is 0 Å². The number of nitrogens with zero attached hydrogens (tertiary/aromatic N) is 4. The molecule has 2 heterocycles. The van der Waals surface area contributed by atoms with Crippen molar-refractivity contribution in [2.75, 3.05) is 17.7 Å². The number of fused-ring (bicyclic) bond motifs is 1. The van der Waals surface area contributed by atoms with E-state index in [0.29, 0.717) is 23.6 Å². The lowest BCUT2D eigenvalue weighted by molar-refractivity contribution is 0.288. The van der Waals surface area contributed by atoms with Crippen molar-refractivity contribution in [2.45, 2.75) is 43.2 Å². The van der Waals surface area contributed by atoms with E-state index < -0.39 is 16.4 Å². The van der Waals surface area contributed by atoms with Crippen LogP contribution >= 0.6 is 0 Å². The van der Waals surface area contributed by atoms with Gasteiger partial charge in [0.25, 0.3) is 0 Å². The molecule has 0 saturated heterocycles. The highest BCUT2D eigenvalue weighted by molar-refractivity contribution is 7.91. The van der Waals surface area contributed by atoms with Crippen molar-refractivity contribution >= 4 is 32.5 Å². The first kappa shape index (κ1) is 20.7. The maximum Gasteiger partial charge on any atom is 0.229 e. The fourth-order valence-corrected chi connectivity index (χ4v) is 4.88. The Morgan fingerprint density at radius 1 is 1.20 bits per heavy atom. The summed E-state index contributed by atoms with van der Waals surface area (Å²) in [6.45, 7) is 0.373. The van der Waals surface area contributed by atoms with Crippen molar-refractivity contribution in [3.05, 3.63) is 36.7 Å². The maximum absolute atomic E-state index is 12.2. The number of aliphatic hydroxyl groups excluding tert-OH is 1. The average molecular weight is 431 g/mol. The van der Waals surface area contributed by atoms with Crippen molar-refractivity contribution in [3.8, 4) is 0 Å². The highest BCUT2D eigenvalue weighted by Crippen LogP contribution is 2.26. The monoisotopic (exact) mass is 430 g/mol. The minimum Gasteiger partial charge on any atom is -0.395 e. The van der Waals surface area contributed by atoms with Crippen LogP contribution in [0.3, 0.4) is 0 Å². The largest absolute Gasteiger partial charge is 0.395 e. The molecule has 1 fully saturated rings. The standard InChI is InChI=1S/C20H26N6O3S/c21-16-6-4-14(5-7-16)13-26-19-15(12-23-26)11-22-20(25-19)24-17-2-1-3-18(10-17)30(28,29)9-8-27/h1-3,10-12,14,16,27H,4-9,13,21H2,(H,22,24,25). The zero-order chi connectivity index (χ0) is 21.1. The van der Waals surface area contributed by atoms with Gasteiger partial charge in [0.1, 0.15) is 0 Å². The Morgan fingerprint density at radius 3 is 2.77 bits per heavy atom. The van der Waals surface area contributed by atoms with E-state index in [1.54, 1.807) is 24.5 Å². The molecule has 1 aliphatic carbocycles. The van der Waals surface area contributed by atoms with E-state index in [-0.39, 0.29) is 10.6 Å². The lowest BCUT2D eigenvalue weighted by atomic mass is 9.86. The first-order valence-corrected chi connectivity index (χ1v) is 11.7. The lowest BCUT2D eigenvalue weighted by Gasteiger charge is -2.25. The van der Waals surface area contributed by atoms with Crippen molar-refractivity contribution in [1.29, 1.82) is 0 Å². The molecule has 0 unspecified atom stereocenters. The van der Waals surface area contributed by atoms with Gasteiger partial charge in [0.2, 0.25) is 5.95 Å². The quantitative estimate of drug-likeness (QED) is 0.517. The molecule has 0 aliphatic heterocycles. The number of aliphatic hydroxyl groups is 1. The third kappa shape index (κ3) is 4.61. The normalized spacial score (nSPS) is 19.8. The van der Waals surface area contributed by atoms with Crippen LogP contribution in [0.15, 0.2) is 41.6 Å². The van der Waals surface area contributed by atoms with Gasteiger partial charge in [0.05, 0.1) is 28.8 Å². The van der Waals surface area contributed by atoms with Crippen LogP contribution < -0.4 is 11.1 Å². The minimum atomic E-state index is -3.53. The molecule has 10 heteroatoms. The third-order valence-corrected chi connectivity index (χ3v) is 7.20. The second-order valence-corrected chi connectivity index (χ2v) is 9.88. The summed E-state index contributed by atoms with van der Waals surface area (Å²) in [5.41, 5.74) is 7.31. The van der Waals surface area contributed by atoms with Crippen LogP contribution in [-0.2, 0) is 16.4 Å². The summed E-state index contributed by atoms with van der Waals surface area (Å²) in [4.78, 5) is 9.06. The van der Waals surface area contributed by atoms with Crippen LogP contribution in [-0.4, -0.2) is 51.7 Å². The third-order valence-electron chi connectivity index (χ3n) is 5.51. The van der Waals surface area contributed by atoms with Gasteiger partial charge in [-0.05, 0) is 49.8 Å². The Labute approximate surface area is 175 Å². The smallest absolute Gasteiger partial charge is 0.229 e. The molecule has 4 rings (SSSR count). The number of rotatable bonds is 7. The number of sulfone groups is 1. The Morgan fingerprint density at radius 2 is 2.00 bits per heavy atom. The molecule has 3 aromatic rings. The molecule has 1 aliphatic rings. The summed E-state index contributed by atoms with van der Waals surface area (Å²) < 4.78 is 26.3. The summed E-state index contributed by atoms with van der Waals surface area (Å²) in [7, 11) is -3.53. The van der Waals surface area contributed by atoms with Gasteiger partial charge in [-0.3, -0.25) is 0 Å². The van der Waals surface area contributed by atoms with Crippen molar-refractivity contribution in [2.24, 2.45) is 11.7 Å². The molecule has 0 bridgehead atoms. The Balaban J connectivity index is 1.54. The molecular weight excluding hydrogens is 404 g/mol. The second-order valence-electron chi connectivity index (χ2n) is 7.78. The van der Waals surface area contributed by atoms with Crippen LogP contribution in [0.2, 0.25) is 0 Å². The Bertz CT molecular complexity index is 1120. The molecule has 9 nitrogen and oxygen atoms in total. The maximum atomic E-state index is 12.2. The predicted octanol–water partition coefficient (Wildman–Crippen LogP) is 1.85. The van der Waals surface area contributed by atoms with Gasteiger partial charge in [-0.25, -0.2) is 18.1 Å². The number of aromatic nitrogens is 4. The molecule has 0 radical (unpaired) electrons. The van der Waals surface area contributed by atoms with Gasteiger partial charge in [-0.1, -0.05) is 6.07 Å². The molecule has 30 heavy (non-hydrogen) atoms. The van der Waals surface area contributed by atoms with Gasteiger partial charge < -0.3 is 16.2 Å². The van der Waals surface area contributed by atoms with E-state index in [9.17, 15) is 8.42 Å². The average Bonchev–Trinajstić information content (AvgIpc) is 3.12. The van der Waals surface area contributed by atoms with Crippen LogP contribution in [0.5, 0.6) is 0 Å². The lowest BCUT2D eigenvalue weighted by Crippen LogP contribution is -2.28. The zero-order valence-electron chi connectivity index (χ0n) is 16.6. The van der Waals surface area contributed by atoms with E-state index in [4.69, 9.17) is 10.8 Å². The van der Waals surface area contributed by atoms with Gasteiger partial charge in [0.15, 0.2) is 15.5 Å². The molecule has 160 valence electrons. The van der Waals surface area contributed by atoms with Crippen LogP contribution in [0.1, 0.15) is 25.7 Å². The molecule has 1 saturated carbocycles. The van der Waals surface area contributed by atoms with Gasteiger partial charge in [-0.2, -0.15) is 10.1 Å². The van der Waals surface area contributed by atoms with Gasteiger partial charge in [0, 0.05) is 24.5 Å². The summed E-state index contributed by atoms with van der Waals surface area (Å²) in [6.07, 6.45) is 7.73. The highest BCUT2D eigenvalue weighted by atomic mass is 32.2. The summed E-state index contributed by atoms with van der Waals surface area (Å²) in [5.74, 6) is 0.587. The second kappa shape index (κ2) is 8.66. The first-order chi connectivity index (χ1) is 14.4. The van der Waals surface area contributed by atoms with Crippen molar-refractivity contribution in [3.63, 3.8) is 0 Å². The molecule has 0 atom stereocenters. The number of nitrogens with one attached hydrogen (secondary N) is 1. The SMILES string of the molecule is NC1CCC(Cn2ncc3cnc(Nc4cccc(S(=O)(=O)CCO)c4)nc32)CC1. The number of hydrogen-bond acceptors (Lipinski definition) is 8. The number of anilines is 2. The zero-order valence-corrected chi connectivity index (χ0v) is 17.4. The highest BCUT2D eigenvalue weighted by Gasteiger charge is 2.20. The van der Waals surface area contributed by atoms with E-state index in [0.717, 1.165) is 43.3 Å². The topological polar surface area (TPSA) is 136 Å². The summed E-state index contributed by atoms with van der Waals surface area (Å²) in [5, 5.41) is 17.4. The van der Waals surface area contributed by atoms with E-state index in [1.807, 2.05) is 4.68 Å². The molecule has 4 N–H and O–H groups in total. The predicted molar refractivity (Wildman–Crippen MR) is 114 cm³/mol. The fraction of sp³-hybridized carbons (Fsp3) is 0.450. The molecular formula is C20H26N6O3S. The molecule has 1 aromatic carbocycles.